The van der Waals surface area contributed by atoms with Gasteiger partial charge in [0.25, 0.3) is 5.91 Å². The van der Waals surface area contributed by atoms with E-state index in [2.05, 4.69) is 43.6 Å². The molecule has 2 N–H and O–H groups in total. The van der Waals surface area contributed by atoms with Gasteiger partial charge in [0.15, 0.2) is 0 Å². The Morgan fingerprint density at radius 2 is 1.76 bits per heavy atom. The number of carbonyl (C=O) groups excluding carboxylic acids is 1. The Bertz CT molecular complexity index is 1250. The quantitative estimate of drug-likeness (QED) is 0.338. The van der Waals surface area contributed by atoms with Gasteiger partial charge in [-0.05, 0) is 54.1 Å². The molecule has 0 spiro atoms. The van der Waals surface area contributed by atoms with E-state index in [0.29, 0.717) is 5.56 Å². The Labute approximate surface area is 207 Å². The van der Waals surface area contributed by atoms with Crippen molar-refractivity contribution in [3.63, 3.8) is 0 Å². The lowest BCUT2D eigenvalue weighted by molar-refractivity contribution is 0.102. The van der Waals surface area contributed by atoms with Crippen molar-refractivity contribution in [1.29, 1.82) is 0 Å². The third-order valence-corrected chi connectivity index (χ3v) is 6.33. The number of nitrogens with one attached hydrogen (secondary N) is 2. The maximum atomic E-state index is 12.8. The molecule has 0 radical (unpaired) electrons. The first-order valence-corrected chi connectivity index (χ1v) is 11.6. The highest BCUT2D eigenvalue weighted by molar-refractivity contribution is 9.10. The molecule has 4 aromatic rings. The average molecular weight is 527 g/mol. The molecule has 0 saturated carbocycles. The monoisotopic (exact) mass is 525 g/mol. The minimum absolute atomic E-state index is 0. The zero-order valence-electron chi connectivity index (χ0n) is 18.0. The van der Waals surface area contributed by atoms with E-state index in [0.717, 1.165) is 65.2 Å². The van der Waals surface area contributed by atoms with Gasteiger partial charge in [0.2, 0.25) is 0 Å². The molecule has 0 atom stereocenters. The Kier molecular flexibility index (Phi) is 7.50. The fourth-order valence-electron chi connectivity index (χ4n) is 4.10. The molecule has 5 rings (SSSR count). The number of amides is 1. The first-order valence-electron chi connectivity index (χ1n) is 10.8. The smallest absolute Gasteiger partial charge is 0.255 e. The van der Waals surface area contributed by atoms with Gasteiger partial charge in [-0.25, -0.2) is 0 Å². The largest absolute Gasteiger partial charge is 0.456 e. The van der Waals surface area contributed by atoms with Crippen molar-refractivity contribution < 1.29 is 9.21 Å². The van der Waals surface area contributed by atoms with E-state index in [-0.39, 0.29) is 18.3 Å². The van der Waals surface area contributed by atoms with Crippen LogP contribution in [0.15, 0.2) is 81.7 Å². The number of carbonyl (C=O) groups is 1. The van der Waals surface area contributed by atoms with E-state index >= 15 is 0 Å². The predicted molar refractivity (Wildman–Crippen MR) is 139 cm³/mol. The maximum Gasteiger partial charge on any atom is 0.255 e. The molecule has 0 aliphatic carbocycles. The standard InChI is InChI=1S/C26H24BrN3O2.ClH/c27-20-10-8-18(9-11-20)26(31)29-23-6-2-1-5-21(23)25-16-22-19(4-3-7-24(22)32-25)17-30-14-12-28-13-15-30;/h1-11,16,28H,12-15,17H2,(H,29,31);1H. The number of halogens is 2. The lowest BCUT2D eigenvalue weighted by atomic mass is 10.1. The molecule has 0 unspecified atom stereocenters. The van der Waals surface area contributed by atoms with E-state index in [4.69, 9.17) is 4.42 Å². The molecule has 1 aliphatic rings. The second kappa shape index (κ2) is 10.5. The number of piperazine rings is 1. The van der Waals surface area contributed by atoms with Crippen LogP contribution in [0.25, 0.3) is 22.3 Å². The first-order chi connectivity index (χ1) is 15.7. The number of anilines is 1. The summed E-state index contributed by atoms with van der Waals surface area (Å²) >= 11 is 3.41. The molecule has 33 heavy (non-hydrogen) atoms. The fraction of sp³-hybridized carbons (Fsp3) is 0.192. The number of rotatable bonds is 5. The summed E-state index contributed by atoms with van der Waals surface area (Å²) in [6.07, 6.45) is 0. The number of hydrogen-bond acceptors (Lipinski definition) is 4. The minimum atomic E-state index is -0.152. The van der Waals surface area contributed by atoms with Crippen LogP contribution in [-0.2, 0) is 6.54 Å². The Morgan fingerprint density at radius 3 is 2.55 bits per heavy atom. The van der Waals surface area contributed by atoms with Gasteiger partial charge in [0, 0.05) is 53.7 Å². The minimum Gasteiger partial charge on any atom is -0.456 e. The molecule has 1 aromatic heterocycles. The molecule has 2 heterocycles. The first kappa shape index (κ1) is 23.5. The molecule has 7 heteroatoms. The number of nitrogens with zero attached hydrogens (tertiary/aromatic N) is 1. The second-order valence-electron chi connectivity index (χ2n) is 7.97. The third-order valence-electron chi connectivity index (χ3n) is 5.80. The van der Waals surface area contributed by atoms with E-state index < -0.39 is 0 Å². The second-order valence-corrected chi connectivity index (χ2v) is 8.89. The molecule has 1 saturated heterocycles. The Balaban J connectivity index is 0.00000259. The molecule has 0 bridgehead atoms. The summed E-state index contributed by atoms with van der Waals surface area (Å²) in [6.45, 7) is 5.05. The summed E-state index contributed by atoms with van der Waals surface area (Å²) in [7, 11) is 0. The lowest BCUT2D eigenvalue weighted by Crippen LogP contribution is -2.42. The highest BCUT2D eigenvalue weighted by atomic mass is 79.9. The van der Waals surface area contributed by atoms with Gasteiger partial charge in [-0.1, -0.05) is 40.2 Å². The van der Waals surface area contributed by atoms with Crippen LogP contribution in [0.2, 0.25) is 0 Å². The van der Waals surface area contributed by atoms with Crippen LogP contribution in [0.3, 0.4) is 0 Å². The molecular weight excluding hydrogens is 502 g/mol. The number of furan rings is 1. The molecule has 1 aliphatic heterocycles. The summed E-state index contributed by atoms with van der Waals surface area (Å²) in [6, 6.07) is 23.4. The molecule has 5 nitrogen and oxygen atoms in total. The highest BCUT2D eigenvalue weighted by Gasteiger charge is 2.17. The van der Waals surface area contributed by atoms with Gasteiger partial charge in [-0.3, -0.25) is 9.69 Å². The molecular formula is C26H25BrClN3O2. The van der Waals surface area contributed by atoms with Crippen LogP contribution in [0.1, 0.15) is 15.9 Å². The van der Waals surface area contributed by atoms with Gasteiger partial charge in [-0.2, -0.15) is 0 Å². The summed E-state index contributed by atoms with van der Waals surface area (Å²) in [5.41, 5.74) is 4.31. The van der Waals surface area contributed by atoms with Gasteiger partial charge < -0.3 is 15.1 Å². The van der Waals surface area contributed by atoms with Crippen molar-refractivity contribution in [2.45, 2.75) is 6.54 Å². The summed E-state index contributed by atoms with van der Waals surface area (Å²) in [5, 5.41) is 7.56. The molecule has 1 amide bonds. The van der Waals surface area contributed by atoms with E-state index in [1.54, 1.807) is 12.1 Å². The topological polar surface area (TPSA) is 57.5 Å². The van der Waals surface area contributed by atoms with Crippen molar-refractivity contribution in [1.82, 2.24) is 10.2 Å². The zero-order valence-corrected chi connectivity index (χ0v) is 20.4. The van der Waals surface area contributed by atoms with Crippen LogP contribution in [0.4, 0.5) is 5.69 Å². The van der Waals surface area contributed by atoms with E-state index in [9.17, 15) is 4.79 Å². The van der Waals surface area contributed by atoms with Crippen molar-refractivity contribution in [2.75, 3.05) is 31.5 Å². The Morgan fingerprint density at radius 1 is 1.00 bits per heavy atom. The third kappa shape index (κ3) is 5.31. The molecule has 170 valence electrons. The number of fused-ring (bicyclic) bond motifs is 1. The number of hydrogen-bond donors (Lipinski definition) is 2. The van der Waals surface area contributed by atoms with Crippen LogP contribution in [0, 0.1) is 0 Å². The van der Waals surface area contributed by atoms with Gasteiger partial charge in [-0.15, -0.1) is 12.4 Å². The maximum absolute atomic E-state index is 12.8. The van der Waals surface area contributed by atoms with Gasteiger partial charge in [0.1, 0.15) is 11.3 Å². The van der Waals surface area contributed by atoms with Crippen LogP contribution < -0.4 is 10.6 Å². The van der Waals surface area contributed by atoms with Crippen molar-refractivity contribution >= 4 is 50.9 Å². The fourth-order valence-corrected chi connectivity index (χ4v) is 4.37. The average Bonchev–Trinajstić information content (AvgIpc) is 3.26. The SMILES string of the molecule is Cl.O=C(Nc1ccccc1-c1cc2c(CN3CCNCC3)cccc2o1)c1ccc(Br)cc1. The van der Waals surface area contributed by atoms with E-state index in [1.165, 1.54) is 5.56 Å². The van der Waals surface area contributed by atoms with Crippen LogP contribution in [0.5, 0.6) is 0 Å². The Hall–Kier alpha value is -2.64. The summed E-state index contributed by atoms with van der Waals surface area (Å²) in [4.78, 5) is 15.3. The van der Waals surface area contributed by atoms with Crippen LogP contribution in [-0.4, -0.2) is 37.0 Å². The van der Waals surface area contributed by atoms with Crippen molar-refractivity contribution in [3.8, 4) is 11.3 Å². The summed E-state index contributed by atoms with van der Waals surface area (Å²) in [5.74, 6) is 0.597. The lowest BCUT2D eigenvalue weighted by Gasteiger charge is -2.27. The molecule has 3 aromatic carbocycles. The van der Waals surface area contributed by atoms with Crippen LogP contribution >= 0.6 is 28.3 Å². The molecule has 1 fully saturated rings. The predicted octanol–water partition coefficient (Wildman–Crippen LogP) is 5.94. The van der Waals surface area contributed by atoms with Crippen molar-refractivity contribution in [3.05, 3.63) is 88.4 Å². The van der Waals surface area contributed by atoms with Crippen molar-refractivity contribution in [2.24, 2.45) is 0 Å². The highest BCUT2D eigenvalue weighted by Crippen LogP contribution is 2.34. The van der Waals surface area contributed by atoms with E-state index in [1.807, 2.05) is 48.5 Å². The number of benzene rings is 3. The zero-order chi connectivity index (χ0) is 21.9. The van der Waals surface area contributed by atoms with Gasteiger partial charge in [0.05, 0.1) is 5.69 Å². The summed E-state index contributed by atoms with van der Waals surface area (Å²) < 4.78 is 7.18. The van der Waals surface area contributed by atoms with Gasteiger partial charge >= 0.3 is 0 Å². The number of para-hydroxylation sites is 1. The normalized spacial score (nSPS) is 14.1.